The van der Waals surface area contributed by atoms with Crippen molar-refractivity contribution in [3.8, 4) is 0 Å². The minimum absolute atomic E-state index is 0. The normalized spacial score (nSPS) is 12.0. The molecule has 2 aromatic carbocycles. The Kier molecular flexibility index (Phi) is 38.5. The molecule has 0 aliphatic rings. The second-order valence-electron chi connectivity index (χ2n) is 18.7. The summed E-state index contributed by atoms with van der Waals surface area (Å²) in [5.41, 5.74) is 10.9. The first-order chi connectivity index (χ1) is 29.6. The van der Waals surface area contributed by atoms with Crippen molar-refractivity contribution in [1.29, 1.82) is 0 Å². The molecule has 2 rings (SSSR count). The molecule has 0 aromatic heterocycles. The van der Waals surface area contributed by atoms with E-state index in [0.29, 0.717) is 0 Å². The molecule has 61 heavy (non-hydrogen) atoms. The molecule has 0 bridgehead atoms. The first kappa shape index (κ1) is 57.3. The van der Waals surface area contributed by atoms with Gasteiger partial charge in [0, 0.05) is 16.5 Å². The third kappa shape index (κ3) is 28.6. The Morgan fingerprint density at radius 1 is 0.295 bits per heavy atom. The number of benzene rings is 2. The van der Waals surface area contributed by atoms with E-state index >= 15 is 0 Å². The third-order valence-electron chi connectivity index (χ3n) is 13.0. The van der Waals surface area contributed by atoms with Gasteiger partial charge in [0.1, 0.15) is 0 Å². The summed E-state index contributed by atoms with van der Waals surface area (Å²) < 4.78 is 0. The minimum atomic E-state index is 0. The van der Waals surface area contributed by atoms with Crippen molar-refractivity contribution in [3.63, 3.8) is 0 Å². The summed E-state index contributed by atoms with van der Waals surface area (Å²) in [6.45, 7) is 13.9. The minimum Gasteiger partial charge on any atom is -0.252 e. The Bertz CT molecular complexity index is 1360. The fourth-order valence-corrected chi connectivity index (χ4v) is 8.89. The fourth-order valence-electron chi connectivity index (χ4n) is 8.89. The van der Waals surface area contributed by atoms with E-state index in [0.717, 1.165) is 37.1 Å². The van der Waals surface area contributed by atoms with Crippen molar-refractivity contribution < 1.29 is 16.5 Å². The second-order valence-corrected chi connectivity index (χ2v) is 18.7. The Morgan fingerprint density at radius 3 is 0.820 bits per heavy atom. The van der Waals surface area contributed by atoms with E-state index in [2.05, 4.69) is 77.9 Å². The topological polar surface area (TPSA) is 24.7 Å². The van der Waals surface area contributed by atoms with Crippen LogP contribution in [0.25, 0.3) is 0 Å². The molecule has 0 saturated heterocycles. The van der Waals surface area contributed by atoms with E-state index in [1.54, 1.807) is 0 Å². The molecule has 2 aromatic rings. The zero-order valence-corrected chi connectivity index (χ0v) is 42.5. The molecule has 0 amide bonds. The third-order valence-corrected chi connectivity index (χ3v) is 13.0. The summed E-state index contributed by atoms with van der Waals surface area (Å²) >= 11 is 0. The van der Waals surface area contributed by atoms with Crippen LogP contribution in [0.1, 0.15) is 282 Å². The van der Waals surface area contributed by atoms with Crippen LogP contribution < -0.4 is 0 Å². The summed E-state index contributed by atoms with van der Waals surface area (Å²) in [6, 6.07) is 14.4. The molecule has 2 nitrogen and oxygen atoms in total. The molecule has 352 valence electrons. The van der Waals surface area contributed by atoms with Gasteiger partial charge in [0.15, 0.2) is 0 Å². The van der Waals surface area contributed by atoms with Crippen LogP contribution in [0.15, 0.2) is 46.4 Å². The van der Waals surface area contributed by atoms with E-state index in [1.807, 2.05) is 0 Å². The van der Waals surface area contributed by atoms with Crippen molar-refractivity contribution in [1.82, 2.24) is 0 Å². The van der Waals surface area contributed by atoms with Crippen LogP contribution in [0.3, 0.4) is 0 Å². The maximum absolute atomic E-state index is 5.60. The first-order valence-corrected chi connectivity index (χ1v) is 27.0. The van der Waals surface area contributed by atoms with Crippen LogP contribution in [0.5, 0.6) is 0 Å². The smallest absolute Gasteiger partial charge is 0.0636 e. The Hall–Kier alpha value is -1.73. The van der Waals surface area contributed by atoms with E-state index in [9.17, 15) is 0 Å². The average molecular weight is 884 g/mol. The van der Waals surface area contributed by atoms with Crippen molar-refractivity contribution in [2.75, 3.05) is 0 Å². The van der Waals surface area contributed by atoms with Gasteiger partial charge >= 0.3 is 0 Å². The maximum atomic E-state index is 5.60. The summed E-state index contributed by atoms with van der Waals surface area (Å²) in [6.07, 6.45) is 50.0. The predicted molar refractivity (Wildman–Crippen MR) is 273 cm³/mol. The SMILES string of the molecule is CCCCCCCCCCCCCCCCCCCCC(=N\c1ccc(CCCC)c(CCCC)c1)/C(CCCCCCCC)=N/c1ccc(CCCC)c(CCCC)c1.[Ni]. The van der Waals surface area contributed by atoms with Gasteiger partial charge in [0.2, 0.25) is 0 Å². The maximum Gasteiger partial charge on any atom is 0.0636 e. The average Bonchev–Trinajstić information content (AvgIpc) is 3.26. The van der Waals surface area contributed by atoms with Crippen LogP contribution in [-0.2, 0) is 42.2 Å². The molecule has 0 aliphatic heterocycles. The van der Waals surface area contributed by atoms with E-state index < -0.39 is 0 Å². The number of hydrogen-bond donors (Lipinski definition) is 0. The van der Waals surface area contributed by atoms with Gasteiger partial charge in [-0.2, -0.15) is 0 Å². The zero-order valence-electron chi connectivity index (χ0n) is 41.5. The molecule has 0 N–H and O–H groups in total. The first-order valence-electron chi connectivity index (χ1n) is 27.0. The summed E-state index contributed by atoms with van der Waals surface area (Å²) in [4.78, 5) is 11.2. The Labute approximate surface area is 391 Å². The van der Waals surface area contributed by atoms with Gasteiger partial charge in [-0.1, -0.05) is 221 Å². The van der Waals surface area contributed by atoms with Crippen molar-refractivity contribution in [2.45, 2.75) is 286 Å². The zero-order chi connectivity index (χ0) is 43.1. The molecule has 0 radical (unpaired) electrons. The van der Waals surface area contributed by atoms with Crippen molar-refractivity contribution >= 4 is 22.8 Å². The molecule has 0 fully saturated rings. The van der Waals surface area contributed by atoms with Crippen LogP contribution in [0.4, 0.5) is 11.4 Å². The number of unbranched alkanes of at least 4 members (excludes halogenated alkanes) is 26. The summed E-state index contributed by atoms with van der Waals surface area (Å²) in [5.74, 6) is 0. The number of nitrogens with zero attached hydrogens (tertiary/aromatic N) is 2. The van der Waals surface area contributed by atoms with Gasteiger partial charge in [0.25, 0.3) is 0 Å². The van der Waals surface area contributed by atoms with Crippen LogP contribution in [0.2, 0.25) is 0 Å². The van der Waals surface area contributed by atoms with Gasteiger partial charge in [-0.25, -0.2) is 0 Å². The second kappa shape index (κ2) is 41.0. The van der Waals surface area contributed by atoms with E-state index in [-0.39, 0.29) is 16.5 Å². The van der Waals surface area contributed by atoms with Crippen LogP contribution in [0, 0.1) is 0 Å². The Balaban J connectivity index is 0.0000186. The van der Waals surface area contributed by atoms with E-state index in [4.69, 9.17) is 9.98 Å². The molecule has 0 aliphatic carbocycles. The van der Waals surface area contributed by atoms with E-state index in [1.165, 1.54) is 252 Å². The largest absolute Gasteiger partial charge is 0.252 e. The van der Waals surface area contributed by atoms with Gasteiger partial charge < -0.3 is 0 Å². The molecule has 0 atom stereocenters. The molecule has 0 unspecified atom stereocenters. The van der Waals surface area contributed by atoms with Gasteiger partial charge in [0.05, 0.1) is 22.8 Å². The number of aliphatic imine (C=N–C) groups is 2. The number of rotatable bonds is 41. The van der Waals surface area contributed by atoms with Crippen molar-refractivity contribution in [2.24, 2.45) is 9.98 Å². The molecule has 0 heterocycles. The number of hydrogen-bond acceptors (Lipinski definition) is 2. The predicted octanol–water partition coefficient (Wildman–Crippen LogP) is 20.1. The van der Waals surface area contributed by atoms with Crippen molar-refractivity contribution in [3.05, 3.63) is 58.7 Å². The number of aryl methyl sites for hydroxylation is 4. The van der Waals surface area contributed by atoms with Crippen LogP contribution in [-0.4, -0.2) is 11.4 Å². The monoisotopic (exact) mass is 883 g/mol. The Morgan fingerprint density at radius 2 is 0.541 bits per heavy atom. The quantitative estimate of drug-likeness (QED) is 0.0361. The molecular weight excluding hydrogens is 783 g/mol. The summed E-state index contributed by atoms with van der Waals surface area (Å²) in [7, 11) is 0. The molecule has 3 heteroatoms. The van der Waals surface area contributed by atoms with Gasteiger partial charge in [-0.3, -0.25) is 9.98 Å². The van der Waals surface area contributed by atoms with Crippen LogP contribution >= 0.6 is 0 Å². The molecular formula is C58H100N2Ni. The molecule has 0 spiro atoms. The van der Waals surface area contributed by atoms with Gasteiger partial charge in [-0.15, -0.1) is 0 Å². The fraction of sp³-hybridized carbons (Fsp3) is 0.759. The summed E-state index contributed by atoms with van der Waals surface area (Å²) in [5, 5.41) is 0. The van der Waals surface area contributed by atoms with Gasteiger partial charge in [-0.05, 0) is 124 Å². The molecule has 0 saturated carbocycles. The standard InChI is InChI=1S/C58H100N2.Ni/c1-7-13-19-21-23-24-25-26-27-28-29-30-31-32-33-34-36-38-44-58(60-56-48-46-52(40-16-10-4)54(50-56)42-18-12-6)57(43-37-35-22-20-14-8-2)59-55-47-45-51(39-15-9-3)53(49-55)41-17-11-5;/h45-50H,7-44H2,1-6H3;/b59-57+,60-58+;.